The number of halogens is 1. The molecule has 0 heterocycles. The van der Waals surface area contributed by atoms with Crippen molar-refractivity contribution in [2.75, 3.05) is 12.4 Å². The monoisotopic (exact) mass is 315 g/mol. The minimum absolute atomic E-state index is 0.0838. The van der Waals surface area contributed by atoms with Gasteiger partial charge in [-0.15, -0.1) is 11.6 Å². The van der Waals surface area contributed by atoms with Gasteiger partial charge in [-0.1, -0.05) is 60.7 Å². The van der Waals surface area contributed by atoms with Crippen molar-refractivity contribution >= 4 is 17.5 Å². The van der Waals surface area contributed by atoms with E-state index in [4.69, 9.17) is 11.6 Å². The number of hydrogen-bond donors (Lipinski definition) is 1. The standard InChI is InChI=1S/C19H22ClNO/c20-14-7-12-19(22)21-15-13-18(16-8-3-1-4-9-16)17-10-5-2-6-11-17/h1-6,8-11,18H,7,12-15H2,(H,21,22). The van der Waals surface area contributed by atoms with Gasteiger partial charge in [-0.25, -0.2) is 0 Å². The number of rotatable bonds is 8. The highest BCUT2D eigenvalue weighted by Gasteiger charge is 2.13. The Morgan fingerprint density at radius 2 is 1.50 bits per heavy atom. The van der Waals surface area contributed by atoms with Crippen LogP contribution in [0.2, 0.25) is 0 Å². The van der Waals surface area contributed by atoms with Gasteiger partial charge in [0.05, 0.1) is 0 Å². The van der Waals surface area contributed by atoms with Crippen LogP contribution in [-0.2, 0) is 4.79 Å². The molecular formula is C19H22ClNO. The topological polar surface area (TPSA) is 29.1 Å². The normalized spacial score (nSPS) is 10.6. The molecule has 22 heavy (non-hydrogen) atoms. The number of carbonyl (C=O) groups excluding carboxylic acids is 1. The van der Waals surface area contributed by atoms with E-state index in [9.17, 15) is 4.79 Å². The smallest absolute Gasteiger partial charge is 0.220 e. The Hall–Kier alpha value is -1.80. The summed E-state index contributed by atoms with van der Waals surface area (Å²) in [7, 11) is 0. The van der Waals surface area contributed by atoms with Gasteiger partial charge in [0.25, 0.3) is 0 Å². The maximum Gasteiger partial charge on any atom is 0.220 e. The molecule has 1 amide bonds. The summed E-state index contributed by atoms with van der Waals surface area (Å²) in [5.74, 6) is 0.917. The first-order valence-corrected chi connectivity index (χ1v) is 8.27. The predicted molar refractivity (Wildman–Crippen MR) is 92.3 cm³/mol. The summed E-state index contributed by atoms with van der Waals surface area (Å²) in [5, 5.41) is 2.99. The van der Waals surface area contributed by atoms with Crippen LogP contribution in [0, 0.1) is 0 Å². The molecule has 0 unspecified atom stereocenters. The summed E-state index contributed by atoms with van der Waals surface area (Å²) in [4.78, 5) is 11.7. The Bertz CT molecular complexity index is 517. The summed E-state index contributed by atoms with van der Waals surface area (Å²) in [6.07, 6.45) is 2.12. The van der Waals surface area contributed by atoms with Crippen molar-refractivity contribution in [2.24, 2.45) is 0 Å². The van der Waals surface area contributed by atoms with Crippen LogP contribution < -0.4 is 5.32 Å². The van der Waals surface area contributed by atoms with E-state index in [-0.39, 0.29) is 5.91 Å². The Morgan fingerprint density at radius 3 is 2.00 bits per heavy atom. The second-order valence-corrected chi connectivity index (χ2v) is 5.68. The van der Waals surface area contributed by atoms with Crippen LogP contribution in [0.4, 0.5) is 0 Å². The fraction of sp³-hybridized carbons (Fsp3) is 0.316. The minimum Gasteiger partial charge on any atom is -0.356 e. The van der Waals surface area contributed by atoms with E-state index in [1.54, 1.807) is 0 Å². The molecule has 0 fully saturated rings. The molecule has 0 radical (unpaired) electrons. The van der Waals surface area contributed by atoms with Crippen molar-refractivity contribution in [1.29, 1.82) is 0 Å². The number of benzene rings is 2. The lowest BCUT2D eigenvalue weighted by Crippen LogP contribution is -2.25. The van der Waals surface area contributed by atoms with Gasteiger partial charge in [-0.2, -0.15) is 0 Å². The summed E-state index contributed by atoms with van der Waals surface area (Å²) in [5.41, 5.74) is 2.56. The quantitative estimate of drug-likeness (QED) is 0.721. The maximum absolute atomic E-state index is 11.7. The third-order valence-corrected chi connectivity index (χ3v) is 3.96. The Balaban J connectivity index is 1.99. The molecule has 0 atom stereocenters. The van der Waals surface area contributed by atoms with Gasteiger partial charge in [-0.3, -0.25) is 4.79 Å². The molecule has 0 bridgehead atoms. The van der Waals surface area contributed by atoms with E-state index in [1.165, 1.54) is 11.1 Å². The average Bonchev–Trinajstić information content (AvgIpc) is 2.58. The predicted octanol–water partition coefficient (Wildman–Crippen LogP) is 4.34. The van der Waals surface area contributed by atoms with Crippen molar-refractivity contribution < 1.29 is 4.79 Å². The average molecular weight is 316 g/mol. The summed E-state index contributed by atoms with van der Waals surface area (Å²) < 4.78 is 0. The number of hydrogen-bond acceptors (Lipinski definition) is 1. The first kappa shape index (κ1) is 16.6. The lowest BCUT2D eigenvalue weighted by molar-refractivity contribution is -0.121. The largest absolute Gasteiger partial charge is 0.356 e. The van der Waals surface area contributed by atoms with Crippen molar-refractivity contribution in [3.63, 3.8) is 0 Å². The fourth-order valence-corrected chi connectivity index (χ4v) is 2.70. The fourth-order valence-electron chi connectivity index (χ4n) is 2.57. The SMILES string of the molecule is O=C(CCCCl)NCCC(c1ccccc1)c1ccccc1. The van der Waals surface area contributed by atoms with Crippen molar-refractivity contribution in [2.45, 2.75) is 25.2 Å². The zero-order valence-electron chi connectivity index (χ0n) is 12.7. The molecule has 0 spiro atoms. The molecule has 0 aliphatic heterocycles. The highest BCUT2D eigenvalue weighted by atomic mass is 35.5. The third kappa shape index (κ3) is 5.19. The van der Waals surface area contributed by atoms with Crippen molar-refractivity contribution in [3.8, 4) is 0 Å². The van der Waals surface area contributed by atoms with Gasteiger partial charge in [0, 0.05) is 24.8 Å². The molecule has 3 heteroatoms. The molecule has 116 valence electrons. The highest BCUT2D eigenvalue weighted by Crippen LogP contribution is 2.27. The molecule has 0 saturated heterocycles. The Labute approximate surface area is 137 Å². The van der Waals surface area contributed by atoms with Crippen LogP contribution in [0.1, 0.15) is 36.3 Å². The van der Waals surface area contributed by atoms with E-state index in [1.807, 2.05) is 12.1 Å². The molecule has 2 aromatic carbocycles. The van der Waals surface area contributed by atoms with E-state index in [0.29, 0.717) is 24.8 Å². The summed E-state index contributed by atoms with van der Waals surface area (Å²) in [6.45, 7) is 0.676. The number of carbonyl (C=O) groups is 1. The molecule has 0 saturated carbocycles. The zero-order chi connectivity index (χ0) is 15.6. The zero-order valence-corrected chi connectivity index (χ0v) is 13.4. The van der Waals surface area contributed by atoms with E-state index < -0.39 is 0 Å². The summed E-state index contributed by atoms with van der Waals surface area (Å²) >= 11 is 5.61. The molecule has 0 aliphatic carbocycles. The Kier molecular flexibility index (Phi) is 6.98. The molecule has 2 aromatic rings. The number of nitrogens with one attached hydrogen (secondary N) is 1. The van der Waals surface area contributed by atoms with Gasteiger partial charge in [0.1, 0.15) is 0 Å². The van der Waals surface area contributed by atoms with Gasteiger partial charge in [0.15, 0.2) is 0 Å². The van der Waals surface area contributed by atoms with E-state index in [0.717, 1.165) is 12.8 Å². The van der Waals surface area contributed by atoms with Crippen LogP contribution >= 0.6 is 11.6 Å². The molecular weight excluding hydrogens is 294 g/mol. The van der Waals surface area contributed by atoms with Gasteiger partial charge >= 0.3 is 0 Å². The number of amides is 1. The van der Waals surface area contributed by atoms with Crippen molar-refractivity contribution in [1.82, 2.24) is 5.32 Å². The first-order chi connectivity index (χ1) is 10.8. The van der Waals surface area contributed by atoms with Crippen LogP contribution in [0.15, 0.2) is 60.7 Å². The molecule has 2 nitrogen and oxygen atoms in total. The van der Waals surface area contributed by atoms with Crippen molar-refractivity contribution in [3.05, 3.63) is 71.8 Å². The lowest BCUT2D eigenvalue weighted by Gasteiger charge is -2.18. The lowest BCUT2D eigenvalue weighted by atomic mass is 9.88. The second-order valence-electron chi connectivity index (χ2n) is 5.31. The first-order valence-electron chi connectivity index (χ1n) is 7.74. The Morgan fingerprint density at radius 1 is 0.955 bits per heavy atom. The highest BCUT2D eigenvalue weighted by molar-refractivity contribution is 6.17. The minimum atomic E-state index is 0.0838. The molecule has 1 N–H and O–H groups in total. The molecule has 0 aliphatic rings. The van der Waals surface area contributed by atoms with E-state index >= 15 is 0 Å². The van der Waals surface area contributed by atoms with E-state index in [2.05, 4.69) is 53.8 Å². The van der Waals surface area contributed by atoms with Gasteiger partial charge < -0.3 is 5.32 Å². The van der Waals surface area contributed by atoms with Crippen LogP contribution in [0.25, 0.3) is 0 Å². The third-order valence-electron chi connectivity index (χ3n) is 3.70. The second kappa shape index (κ2) is 9.26. The molecule has 0 aromatic heterocycles. The maximum atomic E-state index is 11.7. The van der Waals surface area contributed by atoms with Gasteiger partial charge in [0.2, 0.25) is 5.91 Å². The summed E-state index contributed by atoms with van der Waals surface area (Å²) in [6, 6.07) is 20.9. The molecule has 2 rings (SSSR count). The van der Waals surface area contributed by atoms with Crippen LogP contribution in [0.5, 0.6) is 0 Å². The van der Waals surface area contributed by atoms with Gasteiger partial charge in [-0.05, 0) is 24.0 Å². The van der Waals surface area contributed by atoms with Crippen LogP contribution in [0.3, 0.4) is 0 Å². The number of alkyl halides is 1. The van der Waals surface area contributed by atoms with Crippen LogP contribution in [-0.4, -0.2) is 18.3 Å².